The van der Waals surface area contributed by atoms with Gasteiger partial charge in [0, 0.05) is 21.8 Å². The van der Waals surface area contributed by atoms with E-state index >= 15 is 0 Å². The molecule has 0 amide bonds. The second-order valence-corrected chi connectivity index (χ2v) is 5.97. The minimum absolute atomic E-state index is 0.0713. The molecule has 4 rings (SSSR count). The first-order valence-corrected chi connectivity index (χ1v) is 7.51. The maximum atomic E-state index is 12.6. The van der Waals surface area contributed by atoms with Gasteiger partial charge in [-0.2, -0.15) is 0 Å². The lowest BCUT2D eigenvalue weighted by Gasteiger charge is -2.00. The van der Waals surface area contributed by atoms with Gasteiger partial charge >= 0.3 is 0 Å². The Morgan fingerprint density at radius 2 is 1.76 bits per heavy atom. The molecule has 0 saturated carbocycles. The largest absolute Gasteiger partial charge is 0.288 e. The monoisotopic (exact) mass is 289 g/mol. The summed E-state index contributed by atoms with van der Waals surface area (Å²) < 4.78 is 1.14. The molecule has 0 spiro atoms. The van der Waals surface area contributed by atoms with E-state index < -0.39 is 0 Å². The quantitative estimate of drug-likeness (QED) is 0.501. The predicted octanol–water partition coefficient (Wildman–Crippen LogP) is 4.68. The summed E-state index contributed by atoms with van der Waals surface area (Å²) in [6, 6.07) is 19.6. The molecule has 0 aliphatic heterocycles. The Morgan fingerprint density at radius 3 is 2.67 bits per heavy atom. The minimum Gasteiger partial charge on any atom is -0.288 e. The van der Waals surface area contributed by atoms with Crippen molar-refractivity contribution in [1.29, 1.82) is 0 Å². The van der Waals surface area contributed by atoms with Crippen LogP contribution in [-0.4, -0.2) is 10.8 Å². The third kappa shape index (κ3) is 2.12. The molecule has 4 aromatic rings. The van der Waals surface area contributed by atoms with Crippen LogP contribution in [0.3, 0.4) is 0 Å². The number of carbonyl (C=O) groups is 1. The van der Waals surface area contributed by atoms with E-state index in [1.807, 2.05) is 60.7 Å². The average Bonchev–Trinajstić information content (AvgIpc) is 2.97. The standard InChI is InChI=1S/C18H11NOS/c20-18(17-11-13-4-1-2-6-16(13)21-17)14-7-8-15-12(10-14)5-3-9-19-15/h1-11H. The highest BCUT2D eigenvalue weighted by molar-refractivity contribution is 7.21. The highest BCUT2D eigenvalue weighted by Gasteiger charge is 2.13. The molecular weight excluding hydrogens is 278 g/mol. The van der Waals surface area contributed by atoms with E-state index in [0.717, 1.165) is 25.9 Å². The number of hydrogen-bond donors (Lipinski definition) is 0. The van der Waals surface area contributed by atoms with Crippen LogP contribution in [0.1, 0.15) is 15.2 Å². The summed E-state index contributed by atoms with van der Waals surface area (Å²) in [5, 5.41) is 2.11. The molecule has 21 heavy (non-hydrogen) atoms. The lowest BCUT2D eigenvalue weighted by molar-refractivity contribution is 0.104. The van der Waals surface area contributed by atoms with Gasteiger partial charge in [-0.25, -0.2) is 0 Å². The normalized spacial score (nSPS) is 11.0. The van der Waals surface area contributed by atoms with Gasteiger partial charge in [-0.15, -0.1) is 11.3 Å². The third-order valence-electron chi connectivity index (χ3n) is 3.51. The molecule has 2 aromatic heterocycles. The summed E-state index contributed by atoms with van der Waals surface area (Å²) in [7, 11) is 0. The van der Waals surface area contributed by atoms with Crippen molar-refractivity contribution >= 4 is 38.1 Å². The zero-order valence-electron chi connectivity index (χ0n) is 11.1. The number of aromatic nitrogens is 1. The molecule has 3 heteroatoms. The summed E-state index contributed by atoms with van der Waals surface area (Å²) in [5.74, 6) is 0.0713. The van der Waals surface area contributed by atoms with Crippen molar-refractivity contribution in [1.82, 2.24) is 4.98 Å². The van der Waals surface area contributed by atoms with Crippen molar-refractivity contribution in [2.75, 3.05) is 0 Å². The van der Waals surface area contributed by atoms with Gasteiger partial charge in [0.2, 0.25) is 5.78 Å². The number of nitrogens with zero attached hydrogens (tertiary/aromatic N) is 1. The van der Waals surface area contributed by atoms with Crippen LogP contribution in [0.2, 0.25) is 0 Å². The number of hydrogen-bond acceptors (Lipinski definition) is 3. The molecule has 2 heterocycles. The van der Waals surface area contributed by atoms with E-state index in [2.05, 4.69) is 4.98 Å². The molecule has 2 nitrogen and oxygen atoms in total. The Labute approximate surface area is 125 Å². The number of rotatable bonds is 2. The van der Waals surface area contributed by atoms with Crippen molar-refractivity contribution in [2.24, 2.45) is 0 Å². The molecule has 0 bridgehead atoms. The van der Waals surface area contributed by atoms with E-state index in [-0.39, 0.29) is 5.78 Å². The Balaban J connectivity index is 1.81. The third-order valence-corrected chi connectivity index (χ3v) is 4.63. The number of thiophene rings is 1. The van der Waals surface area contributed by atoms with E-state index in [1.54, 1.807) is 17.5 Å². The van der Waals surface area contributed by atoms with Crippen molar-refractivity contribution < 1.29 is 4.79 Å². The van der Waals surface area contributed by atoms with Crippen molar-refractivity contribution in [3.63, 3.8) is 0 Å². The number of carbonyl (C=O) groups excluding carboxylic acids is 1. The Bertz CT molecular complexity index is 938. The van der Waals surface area contributed by atoms with Gasteiger partial charge < -0.3 is 0 Å². The van der Waals surface area contributed by atoms with Crippen molar-refractivity contribution in [3.05, 3.63) is 77.3 Å². The van der Waals surface area contributed by atoms with Crippen molar-refractivity contribution in [2.45, 2.75) is 0 Å². The topological polar surface area (TPSA) is 30.0 Å². The van der Waals surface area contributed by atoms with Gasteiger partial charge in [-0.05, 0) is 41.8 Å². The molecule has 0 aliphatic rings. The lowest BCUT2D eigenvalue weighted by Crippen LogP contribution is -1.98. The first-order chi connectivity index (χ1) is 10.3. The van der Waals surface area contributed by atoms with Gasteiger partial charge in [0.25, 0.3) is 0 Å². The molecule has 0 aliphatic carbocycles. The van der Waals surface area contributed by atoms with Crippen LogP contribution in [0.5, 0.6) is 0 Å². The van der Waals surface area contributed by atoms with Gasteiger partial charge in [0.15, 0.2) is 0 Å². The number of ketones is 1. The highest BCUT2D eigenvalue weighted by Crippen LogP contribution is 2.27. The number of benzene rings is 2. The zero-order chi connectivity index (χ0) is 14.2. The van der Waals surface area contributed by atoms with Crippen LogP contribution in [0.25, 0.3) is 21.0 Å². The Hall–Kier alpha value is -2.52. The van der Waals surface area contributed by atoms with E-state index in [0.29, 0.717) is 5.56 Å². The minimum atomic E-state index is 0.0713. The molecule has 2 aromatic carbocycles. The number of fused-ring (bicyclic) bond motifs is 2. The van der Waals surface area contributed by atoms with Crippen LogP contribution in [0, 0.1) is 0 Å². The van der Waals surface area contributed by atoms with Gasteiger partial charge in [0.1, 0.15) is 0 Å². The van der Waals surface area contributed by atoms with Gasteiger partial charge in [0.05, 0.1) is 10.4 Å². The fraction of sp³-hybridized carbons (Fsp3) is 0. The maximum Gasteiger partial charge on any atom is 0.203 e. The highest BCUT2D eigenvalue weighted by atomic mass is 32.1. The molecule has 0 atom stereocenters. The lowest BCUT2D eigenvalue weighted by atomic mass is 10.1. The van der Waals surface area contributed by atoms with E-state index in [1.165, 1.54) is 0 Å². The number of pyridine rings is 1. The Morgan fingerprint density at radius 1 is 0.905 bits per heavy atom. The fourth-order valence-electron chi connectivity index (χ4n) is 2.45. The summed E-state index contributed by atoms with van der Waals surface area (Å²) in [5.41, 5.74) is 1.62. The van der Waals surface area contributed by atoms with Crippen LogP contribution in [-0.2, 0) is 0 Å². The molecule has 0 unspecified atom stereocenters. The van der Waals surface area contributed by atoms with Gasteiger partial charge in [-0.1, -0.05) is 24.3 Å². The van der Waals surface area contributed by atoms with Crippen LogP contribution < -0.4 is 0 Å². The molecule has 0 N–H and O–H groups in total. The summed E-state index contributed by atoms with van der Waals surface area (Å²) in [6.45, 7) is 0. The predicted molar refractivity (Wildman–Crippen MR) is 87.0 cm³/mol. The maximum absolute atomic E-state index is 12.6. The molecular formula is C18H11NOS. The average molecular weight is 289 g/mol. The summed E-state index contributed by atoms with van der Waals surface area (Å²) in [6.07, 6.45) is 1.76. The fourth-order valence-corrected chi connectivity index (χ4v) is 3.48. The zero-order valence-corrected chi connectivity index (χ0v) is 11.9. The van der Waals surface area contributed by atoms with Gasteiger partial charge in [-0.3, -0.25) is 9.78 Å². The Kier molecular flexibility index (Phi) is 2.79. The summed E-state index contributed by atoms with van der Waals surface area (Å²) in [4.78, 5) is 17.7. The summed E-state index contributed by atoms with van der Waals surface area (Å²) >= 11 is 1.54. The SMILES string of the molecule is O=C(c1ccc2ncccc2c1)c1cc2ccccc2s1. The van der Waals surface area contributed by atoms with Crippen LogP contribution in [0.15, 0.2) is 66.9 Å². The first-order valence-electron chi connectivity index (χ1n) is 6.69. The molecule has 0 fully saturated rings. The second-order valence-electron chi connectivity index (χ2n) is 4.89. The second kappa shape index (κ2) is 4.79. The van der Waals surface area contributed by atoms with E-state index in [9.17, 15) is 4.79 Å². The van der Waals surface area contributed by atoms with Crippen LogP contribution >= 0.6 is 11.3 Å². The molecule has 100 valence electrons. The smallest absolute Gasteiger partial charge is 0.203 e. The first kappa shape index (κ1) is 12.2. The molecule has 0 radical (unpaired) electrons. The van der Waals surface area contributed by atoms with Crippen LogP contribution in [0.4, 0.5) is 0 Å². The van der Waals surface area contributed by atoms with Crippen molar-refractivity contribution in [3.8, 4) is 0 Å². The van der Waals surface area contributed by atoms with E-state index in [4.69, 9.17) is 0 Å². The molecule has 0 saturated heterocycles.